The van der Waals surface area contributed by atoms with Crippen LogP contribution in [0.15, 0.2) is 30.3 Å². The van der Waals surface area contributed by atoms with Crippen molar-refractivity contribution in [2.45, 2.75) is 84.5 Å². The third kappa shape index (κ3) is 5.07. The van der Waals surface area contributed by atoms with E-state index in [-0.39, 0.29) is 17.1 Å². The van der Waals surface area contributed by atoms with E-state index in [0.717, 1.165) is 35.0 Å². The molecule has 6 nitrogen and oxygen atoms in total. The summed E-state index contributed by atoms with van der Waals surface area (Å²) in [6.45, 7) is 8.94. The molecule has 0 amide bonds. The van der Waals surface area contributed by atoms with E-state index < -0.39 is 0 Å². The number of carbonyl (C=O) groups excluding carboxylic acids is 1. The lowest BCUT2D eigenvalue weighted by Gasteiger charge is -2.22. The number of unbranched alkanes of at least 4 members (excludes halogenated alkanes) is 5. The fraction of sp³-hybridized carbons (Fsp3) is 0.519. The molecule has 0 aliphatic carbocycles. The first-order valence-corrected chi connectivity index (χ1v) is 12.8. The maximum Gasteiger partial charge on any atom is 0.306 e. The zero-order chi connectivity index (χ0) is 24.5. The predicted molar refractivity (Wildman–Crippen MR) is 137 cm³/mol. The second kappa shape index (κ2) is 9.95. The van der Waals surface area contributed by atoms with Crippen LogP contribution < -0.4 is 0 Å². The number of ether oxygens (including phenoxy) is 1. The summed E-state index contributed by atoms with van der Waals surface area (Å²) in [6.07, 6.45) is 7.91. The van der Waals surface area contributed by atoms with Crippen molar-refractivity contribution in [3.63, 3.8) is 0 Å². The zero-order valence-electron chi connectivity index (χ0n) is 20.7. The topological polar surface area (TPSA) is 60.3 Å². The van der Waals surface area contributed by atoms with E-state index in [9.17, 15) is 9.90 Å². The average molecular weight is 486 g/mol. The summed E-state index contributed by atoms with van der Waals surface area (Å²) in [5.41, 5.74) is 4.37. The SMILES string of the molecule is CCCCCCCCOC(=O)CCc1cc(-n2n3c4ccc(Cl)cc4n23)c(O)c(C(C)(C)C)c1. The average Bonchev–Trinajstić information content (AvgIpc) is 3.44. The fourth-order valence-corrected chi connectivity index (χ4v) is 4.62. The van der Waals surface area contributed by atoms with E-state index in [1.165, 1.54) is 25.7 Å². The monoisotopic (exact) mass is 485 g/mol. The molecular weight excluding hydrogens is 450 g/mol. The molecular formula is C27H36ClN3O3. The van der Waals surface area contributed by atoms with Crippen LogP contribution in [-0.2, 0) is 21.4 Å². The van der Waals surface area contributed by atoms with E-state index in [4.69, 9.17) is 16.3 Å². The molecule has 0 saturated carbocycles. The Labute approximate surface area is 206 Å². The van der Waals surface area contributed by atoms with E-state index in [1.54, 1.807) is 0 Å². The molecule has 0 aliphatic rings. The molecule has 0 unspecified atom stereocenters. The van der Waals surface area contributed by atoms with E-state index in [1.807, 2.05) is 44.4 Å². The minimum atomic E-state index is -0.247. The number of hydrogen-bond acceptors (Lipinski definition) is 3. The molecule has 0 radical (unpaired) electrons. The van der Waals surface area contributed by atoms with Crippen molar-refractivity contribution in [2.75, 3.05) is 6.61 Å². The van der Waals surface area contributed by atoms with Crippen LogP contribution in [0.5, 0.6) is 5.75 Å². The van der Waals surface area contributed by atoms with Crippen LogP contribution >= 0.6 is 11.6 Å². The smallest absolute Gasteiger partial charge is 0.306 e. The summed E-state index contributed by atoms with van der Waals surface area (Å²) in [4.78, 5) is 14.3. The molecule has 4 rings (SSSR count). The molecule has 34 heavy (non-hydrogen) atoms. The van der Waals surface area contributed by atoms with Crippen molar-refractivity contribution in [2.24, 2.45) is 0 Å². The van der Waals surface area contributed by atoms with Crippen molar-refractivity contribution >= 4 is 28.6 Å². The Hall–Kier alpha value is -2.60. The number of nitrogens with zero attached hydrogens (tertiary/aromatic N) is 3. The summed E-state index contributed by atoms with van der Waals surface area (Å²) >= 11 is 6.16. The second-order valence-corrected chi connectivity index (χ2v) is 10.7. The number of phenols is 1. The van der Waals surface area contributed by atoms with Gasteiger partial charge in [-0.2, -0.15) is 0 Å². The highest BCUT2D eigenvalue weighted by Gasteiger charge is 2.29. The zero-order valence-corrected chi connectivity index (χ0v) is 21.5. The second-order valence-electron chi connectivity index (χ2n) is 10.3. The molecule has 1 N–H and O–H groups in total. The molecule has 4 aromatic rings. The Morgan fingerprint density at radius 2 is 1.71 bits per heavy atom. The molecule has 0 bridgehead atoms. The van der Waals surface area contributed by atoms with Gasteiger partial charge in [-0.05, 0) is 48.1 Å². The van der Waals surface area contributed by atoms with Gasteiger partial charge >= 0.3 is 5.97 Å². The Kier molecular flexibility index (Phi) is 7.17. The van der Waals surface area contributed by atoms with Gasteiger partial charge in [-0.15, -0.1) is 14.1 Å². The fourth-order valence-electron chi connectivity index (χ4n) is 4.45. The maximum atomic E-state index is 12.3. The molecule has 0 aliphatic heterocycles. The number of fused-ring (bicyclic) bond motifs is 4. The number of rotatable bonds is 11. The van der Waals surface area contributed by atoms with Gasteiger partial charge in [-0.25, -0.2) is 0 Å². The van der Waals surface area contributed by atoms with Crippen LogP contribution in [0.2, 0.25) is 5.02 Å². The number of halogens is 1. The van der Waals surface area contributed by atoms with Gasteiger partial charge < -0.3 is 9.84 Å². The van der Waals surface area contributed by atoms with Gasteiger partial charge in [0.15, 0.2) is 0 Å². The Morgan fingerprint density at radius 3 is 2.44 bits per heavy atom. The molecule has 0 atom stereocenters. The van der Waals surface area contributed by atoms with Crippen molar-refractivity contribution in [1.82, 2.24) is 14.1 Å². The molecule has 2 aromatic heterocycles. The predicted octanol–water partition coefficient (Wildman–Crippen LogP) is 6.91. The number of esters is 1. The van der Waals surface area contributed by atoms with Crippen LogP contribution in [0.3, 0.4) is 0 Å². The highest BCUT2D eigenvalue weighted by Crippen LogP contribution is 2.39. The Morgan fingerprint density at radius 1 is 1.00 bits per heavy atom. The lowest BCUT2D eigenvalue weighted by Crippen LogP contribution is -2.13. The quantitative estimate of drug-likeness (QED) is 0.185. The molecule has 0 saturated heterocycles. The van der Waals surface area contributed by atoms with E-state index in [0.29, 0.717) is 30.2 Å². The van der Waals surface area contributed by atoms with Crippen LogP contribution in [-0.4, -0.2) is 31.7 Å². The number of phenolic OH excluding ortho intramolecular Hbond substituents is 1. The highest BCUT2D eigenvalue weighted by molar-refractivity contribution is 6.31. The normalized spacial score (nSPS) is 12.4. The number of aryl methyl sites for hydroxylation is 1. The van der Waals surface area contributed by atoms with Crippen LogP contribution in [0.25, 0.3) is 16.7 Å². The van der Waals surface area contributed by atoms with Crippen LogP contribution in [0.4, 0.5) is 0 Å². The first-order chi connectivity index (χ1) is 16.2. The third-order valence-corrected chi connectivity index (χ3v) is 6.66. The minimum absolute atomic E-state index is 0.165. The molecule has 7 heteroatoms. The van der Waals surface area contributed by atoms with E-state index >= 15 is 0 Å². The molecule has 2 heterocycles. The third-order valence-electron chi connectivity index (χ3n) is 6.43. The summed E-state index contributed by atoms with van der Waals surface area (Å²) in [5.74, 6) is 0.0927. The van der Waals surface area contributed by atoms with Gasteiger partial charge in [-0.3, -0.25) is 4.79 Å². The summed E-state index contributed by atoms with van der Waals surface area (Å²) in [5, 5.41) is 11.8. The van der Waals surface area contributed by atoms with Gasteiger partial charge in [0.05, 0.1) is 6.61 Å². The number of aromatic nitrogens is 3. The van der Waals surface area contributed by atoms with Gasteiger partial charge in [0.25, 0.3) is 0 Å². The summed E-state index contributed by atoms with van der Waals surface area (Å²) < 4.78 is 9.42. The Balaban J connectivity index is 1.45. The minimum Gasteiger partial charge on any atom is -0.505 e. The van der Waals surface area contributed by atoms with Crippen LogP contribution in [0.1, 0.15) is 83.8 Å². The summed E-state index contributed by atoms with van der Waals surface area (Å²) in [7, 11) is 0. The number of aromatic hydroxyl groups is 1. The summed E-state index contributed by atoms with van der Waals surface area (Å²) in [6, 6.07) is 9.73. The van der Waals surface area contributed by atoms with E-state index in [2.05, 4.69) is 27.7 Å². The first-order valence-electron chi connectivity index (χ1n) is 12.4. The largest absolute Gasteiger partial charge is 0.505 e. The van der Waals surface area contributed by atoms with Crippen molar-refractivity contribution in [3.8, 4) is 11.4 Å². The Bertz CT molecular complexity index is 1260. The molecule has 0 spiro atoms. The van der Waals surface area contributed by atoms with Gasteiger partial charge in [0, 0.05) is 17.0 Å². The van der Waals surface area contributed by atoms with Crippen molar-refractivity contribution in [3.05, 3.63) is 46.5 Å². The van der Waals surface area contributed by atoms with Gasteiger partial charge in [0.2, 0.25) is 0 Å². The number of carbonyl (C=O) groups is 1. The first kappa shape index (κ1) is 24.5. The lowest BCUT2D eigenvalue weighted by molar-refractivity contribution is -0.143. The van der Waals surface area contributed by atoms with Crippen molar-refractivity contribution < 1.29 is 14.6 Å². The maximum absolute atomic E-state index is 12.3. The molecule has 2 aromatic carbocycles. The van der Waals surface area contributed by atoms with Crippen LogP contribution in [0, 0.1) is 0 Å². The number of benzene rings is 2. The highest BCUT2D eigenvalue weighted by atomic mass is 35.5. The molecule has 0 fully saturated rings. The van der Waals surface area contributed by atoms with Gasteiger partial charge in [0.1, 0.15) is 22.5 Å². The van der Waals surface area contributed by atoms with Gasteiger partial charge in [-0.1, -0.05) is 77.5 Å². The number of hydrogen-bond donors (Lipinski definition) is 1. The standard InChI is InChI=1S/C27H36ClN3O3/c1-5-6-7-8-9-10-15-34-25(32)14-11-19-16-21(27(2,3)4)26(33)24(17-19)31-29-22-13-12-20(28)18-23(22)30(29)31/h12-13,16-18,33H,5-11,14-15H2,1-4H3. The lowest BCUT2D eigenvalue weighted by atomic mass is 9.84. The molecule has 184 valence electrons. The van der Waals surface area contributed by atoms with Crippen molar-refractivity contribution in [1.29, 1.82) is 0 Å².